The smallest absolute Gasteiger partial charge is 0.211 e. The fourth-order valence-electron chi connectivity index (χ4n) is 2.39. The first-order valence-electron chi connectivity index (χ1n) is 6.49. The van der Waals surface area contributed by atoms with Crippen LogP contribution in [0.5, 0.6) is 0 Å². The molecule has 8 heteroatoms. The Labute approximate surface area is 116 Å². The number of rotatable bonds is 6. The molecule has 1 fully saturated rings. The van der Waals surface area contributed by atoms with E-state index in [1.165, 1.54) is 10.6 Å². The van der Waals surface area contributed by atoms with Crippen LogP contribution in [0.15, 0.2) is 0 Å². The van der Waals surface area contributed by atoms with Crippen molar-refractivity contribution in [3.05, 3.63) is 0 Å². The van der Waals surface area contributed by atoms with Crippen molar-refractivity contribution >= 4 is 19.9 Å². The van der Waals surface area contributed by atoms with Crippen LogP contribution >= 0.6 is 0 Å². The summed E-state index contributed by atoms with van der Waals surface area (Å²) in [5.41, 5.74) is 5.44. The van der Waals surface area contributed by atoms with Crippen LogP contribution in [0.3, 0.4) is 0 Å². The average molecular weight is 312 g/mol. The van der Waals surface area contributed by atoms with E-state index in [4.69, 9.17) is 5.73 Å². The lowest BCUT2D eigenvalue weighted by Crippen LogP contribution is -2.41. The number of piperidine rings is 1. The van der Waals surface area contributed by atoms with Crippen molar-refractivity contribution in [1.82, 2.24) is 4.31 Å². The highest BCUT2D eigenvalue weighted by molar-refractivity contribution is 7.91. The summed E-state index contributed by atoms with van der Waals surface area (Å²) in [6.45, 7) is 2.96. The van der Waals surface area contributed by atoms with Crippen LogP contribution in [0.4, 0.5) is 0 Å². The van der Waals surface area contributed by atoms with Gasteiger partial charge in [0.25, 0.3) is 0 Å². The number of sulfone groups is 1. The summed E-state index contributed by atoms with van der Waals surface area (Å²) in [5.74, 6) is -0.0135. The zero-order chi connectivity index (χ0) is 14.7. The highest BCUT2D eigenvalue weighted by Crippen LogP contribution is 2.21. The minimum Gasteiger partial charge on any atom is -0.330 e. The molecule has 1 saturated heterocycles. The number of nitrogens with two attached hydrogens (primary N) is 1. The molecule has 1 aliphatic rings. The van der Waals surface area contributed by atoms with Gasteiger partial charge in [-0.3, -0.25) is 0 Å². The van der Waals surface area contributed by atoms with E-state index >= 15 is 0 Å². The van der Waals surface area contributed by atoms with Gasteiger partial charge in [0, 0.05) is 13.1 Å². The van der Waals surface area contributed by atoms with E-state index in [0.717, 1.165) is 12.8 Å². The largest absolute Gasteiger partial charge is 0.330 e. The fraction of sp³-hybridized carbons (Fsp3) is 1.00. The first-order valence-corrected chi connectivity index (χ1v) is 10.2. The number of sulfonamides is 1. The maximum absolute atomic E-state index is 12.0. The van der Waals surface area contributed by atoms with E-state index in [2.05, 4.69) is 0 Å². The van der Waals surface area contributed by atoms with Crippen LogP contribution in [0, 0.1) is 11.8 Å². The molecule has 0 spiro atoms. The molecule has 19 heavy (non-hydrogen) atoms. The van der Waals surface area contributed by atoms with Gasteiger partial charge in [-0.2, -0.15) is 0 Å². The van der Waals surface area contributed by atoms with E-state index in [0.29, 0.717) is 19.6 Å². The van der Waals surface area contributed by atoms with Crippen molar-refractivity contribution in [2.24, 2.45) is 17.6 Å². The summed E-state index contributed by atoms with van der Waals surface area (Å²) in [7, 11) is -6.39. The van der Waals surface area contributed by atoms with Crippen LogP contribution in [-0.2, 0) is 19.9 Å². The second-order valence-corrected chi connectivity index (χ2v) is 9.68. The third-order valence-electron chi connectivity index (χ3n) is 3.38. The molecule has 0 bridgehead atoms. The van der Waals surface area contributed by atoms with Gasteiger partial charge >= 0.3 is 0 Å². The first-order chi connectivity index (χ1) is 8.64. The predicted molar refractivity (Wildman–Crippen MR) is 76.0 cm³/mol. The highest BCUT2D eigenvalue weighted by atomic mass is 32.2. The maximum atomic E-state index is 12.0. The summed E-state index contributed by atoms with van der Waals surface area (Å²) >= 11 is 0. The van der Waals surface area contributed by atoms with E-state index < -0.39 is 19.9 Å². The molecule has 1 aliphatic heterocycles. The van der Waals surface area contributed by atoms with Gasteiger partial charge < -0.3 is 5.73 Å². The van der Waals surface area contributed by atoms with Crippen molar-refractivity contribution < 1.29 is 16.8 Å². The molecule has 2 atom stereocenters. The molecule has 6 nitrogen and oxygen atoms in total. The lowest BCUT2D eigenvalue weighted by Gasteiger charge is -2.30. The van der Waals surface area contributed by atoms with Gasteiger partial charge in [-0.15, -0.1) is 0 Å². The van der Waals surface area contributed by atoms with Crippen LogP contribution in [0.2, 0.25) is 0 Å². The molecule has 0 radical (unpaired) electrons. The summed E-state index contributed by atoms with van der Waals surface area (Å²) < 4.78 is 48.3. The highest BCUT2D eigenvalue weighted by Gasteiger charge is 2.29. The van der Waals surface area contributed by atoms with E-state index in [1.807, 2.05) is 0 Å². The summed E-state index contributed by atoms with van der Waals surface area (Å²) in [6, 6.07) is 0. The van der Waals surface area contributed by atoms with Crippen molar-refractivity contribution in [2.75, 3.05) is 37.4 Å². The Hall–Kier alpha value is -0.180. The first kappa shape index (κ1) is 16.9. The Kier molecular flexibility index (Phi) is 5.78. The SMILES string of the molecule is CC(CN)CS(=O)(=O)CC1CCCN(S(C)(=O)=O)C1. The summed E-state index contributed by atoms with van der Waals surface area (Å²) in [5, 5.41) is 0. The molecule has 114 valence electrons. The van der Waals surface area contributed by atoms with Gasteiger partial charge in [0.2, 0.25) is 10.0 Å². The third kappa shape index (κ3) is 5.76. The number of hydrogen-bond acceptors (Lipinski definition) is 5. The molecule has 0 aliphatic carbocycles. The van der Waals surface area contributed by atoms with Crippen molar-refractivity contribution in [2.45, 2.75) is 19.8 Å². The van der Waals surface area contributed by atoms with Gasteiger partial charge in [-0.25, -0.2) is 21.1 Å². The zero-order valence-electron chi connectivity index (χ0n) is 11.6. The van der Waals surface area contributed by atoms with Gasteiger partial charge in [0.1, 0.15) is 0 Å². The van der Waals surface area contributed by atoms with Crippen LogP contribution in [0.25, 0.3) is 0 Å². The molecule has 1 heterocycles. The Morgan fingerprint density at radius 2 is 1.95 bits per heavy atom. The lowest BCUT2D eigenvalue weighted by atomic mass is 10.0. The Morgan fingerprint density at radius 3 is 2.47 bits per heavy atom. The average Bonchev–Trinajstić information content (AvgIpc) is 2.26. The topological polar surface area (TPSA) is 97.5 Å². The molecule has 0 aromatic carbocycles. The fourth-order valence-corrected chi connectivity index (χ4v) is 5.46. The minimum atomic E-state index is -3.22. The molecule has 2 unspecified atom stereocenters. The van der Waals surface area contributed by atoms with Gasteiger partial charge in [-0.05, 0) is 31.2 Å². The van der Waals surface area contributed by atoms with E-state index in [1.54, 1.807) is 6.92 Å². The normalized spacial score (nSPS) is 24.3. The number of nitrogens with zero attached hydrogens (tertiary/aromatic N) is 1. The molecule has 2 N–H and O–H groups in total. The molecular formula is C11H24N2O4S2. The zero-order valence-corrected chi connectivity index (χ0v) is 13.2. The van der Waals surface area contributed by atoms with Gasteiger partial charge in [0.05, 0.1) is 17.8 Å². The Bertz CT molecular complexity index is 487. The quantitative estimate of drug-likeness (QED) is 0.724. The van der Waals surface area contributed by atoms with Crippen molar-refractivity contribution in [3.63, 3.8) is 0 Å². The monoisotopic (exact) mass is 312 g/mol. The Balaban J connectivity index is 2.62. The lowest BCUT2D eigenvalue weighted by molar-refractivity contribution is 0.283. The van der Waals surface area contributed by atoms with Crippen molar-refractivity contribution in [1.29, 1.82) is 0 Å². The summed E-state index contributed by atoms with van der Waals surface area (Å²) in [6.07, 6.45) is 2.66. The molecule has 0 amide bonds. The molecule has 0 saturated carbocycles. The van der Waals surface area contributed by atoms with Crippen LogP contribution < -0.4 is 5.73 Å². The third-order valence-corrected chi connectivity index (χ3v) is 6.71. The van der Waals surface area contributed by atoms with E-state index in [-0.39, 0.29) is 23.3 Å². The molecular weight excluding hydrogens is 288 g/mol. The van der Waals surface area contributed by atoms with E-state index in [9.17, 15) is 16.8 Å². The molecule has 0 aromatic rings. The Morgan fingerprint density at radius 1 is 1.32 bits per heavy atom. The standard InChI is InChI=1S/C11H24N2O4S2/c1-10(6-12)8-19(16,17)9-11-4-3-5-13(7-11)18(2,14)15/h10-11H,3-9,12H2,1-2H3. The summed E-state index contributed by atoms with van der Waals surface area (Å²) in [4.78, 5) is 0. The second-order valence-electron chi connectivity index (χ2n) is 5.55. The van der Waals surface area contributed by atoms with Crippen LogP contribution in [-0.4, -0.2) is 58.5 Å². The molecule has 1 rings (SSSR count). The molecule has 0 aromatic heterocycles. The van der Waals surface area contributed by atoms with Crippen molar-refractivity contribution in [3.8, 4) is 0 Å². The number of hydrogen-bond donors (Lipinski definition) is 1. The second kappa shape index (κ2) is 6.51. The minimum absolute atomic E-state index is 0.0559. The van der Waals surface area contributed by atoms with Gasteiger partial charge in [-0.1, -0.05) is 6.92 Å². The van der Waals surface area contributed by atoms with Crippen LogP contribution in [0.1, 0.15) is 19.8 Å². The predicted octanol–water partition coefficient (Wildman–Crippen LogP) is -0.332. The van der Waals surface area contributed by atoms with Gasteiger partial charge in [0.15, 0.2) is 9.84 Å². The maximum Gasteiger partial charge on any atom is 0.211 e.